The second-order valence-corrected chi connectivity index (χ2v) is 9.76. The molecule has 1 N–H and O–H groups in total. The fourth-order valence-electron chi connectivity index (χ4n) is 5.60. The molecule has 0 amide bonds. The summed E-state index contributed by atoms with van der Waals surface area (Å²) in [5.41, 5.74) is 2.71. The summed E-state index contributed by atoms with van der Waals surface area (Å²) in [5, 5.41) is 11.0. The highest BCUT2D eigenvalue weighted by atomic mass is 35.5. The lowest BCUT2D eigenvalue weighted by Gasteiger charge is -2.25. The molecule has 5 rings (SSSR count). The average Bonchev–Trinajstić information content (AvgIpc) is 3.52. The van der Waals surface area contributed by atoms with Crippen LogP contribution in [0.5, 0.6) is 11.5 Å². The first kappa shape index (κ1) is 24.0. The number of rotatable bonds is 6. The molecule has 2 aromatic carbocycles. The largest absolute Gasteiger partial charge is 0.496 e. The van der Waals surface area contributed by atoms with Gasteiger partial charge in [-0.3, -0.25) is 4.79 Å². The van der Waals surface area contributed by atoms with Crippen LogP contribution in [0.1, 0.15) is 30.7 Å². The molecule has 8 heteroatoms. The summed E-state index contributed by atoms with van der Waals surface area (Å²) in [5.74, 6) is 1.29. The third-order valence-corrected chi connectivity index (χ3v) is 7.79. The Balaban J connectivity index is 1.71. The maximum atomic E-state index is 13.4. The highest BCUT2D eigenvalue weighted by Gasteiger charge is 2.37. The minimum atomic E-state index is -0.214. The summed E-state index contributed by atoms with van der Waals surface area (Å²) in [7, 11) is 5.10. The van der Waals surface area contributed by atoms with Crippen molar-refractivity contribution in [2.24, 2.45) is 0 Å². The van der Waals surface area contributed by atoms with Gasteiger partial charge in [-0.1, -0.05) is 11.6 Å². The van der Waals surface area contributed by atoms with Crippen LogP contribution in [0.2, 0.25) is 5.02 Å². The summed E-state index contributed by atoms with van der Waals surface area (Å²) in [4.78, 5) is 17.9. The van der Waals surface area contributed by atoms with Crippen LogP contribution in [0, 0.1) is 0 Å². The standard InChI is InChI=1S/C27H31ClN2O5/c1-29-11-8-18(20(29)15-31)25-23(33-2)14-24(34-3)26-21(32)13-22(35-27(25)26)17-7-6-16(12-19(17)28)30-9-4-5-10-30/h6-7,12-14,18,20,31H,4-5,8-11,15H2,1-3H3/t18-,20+/m1/s1. The molecule has 2 aliphatic heterocycles. The smallest absolute Gasteiger partial charge is 0.197 e. The molecular formula is C27H31ClN2O5. The fourth-order valence-corrected chi connectivity index (χ4v) is 5.87. The van der Waals surface area contributed by atoms with E-state index in [9.17, 15) is 9.90 Å². The molecule has 35 heavy (non-hydrogen) atoms. The zero-order valence-electron chi connectivity index (χ0n) is 20.3. The number of fused-ring (bicyclic) bond motifs is 1. The lowest BCUT2D eigenvalue weighted by molar-refractivity contribution is 0.171. The number of nitrogens with zero attached hydrogens (tertiary/aromatic N) is 2. The quantitative estimate of drug-likeness (QED) is 0.536. The summed E-state index contributed by atoms with van der Waals surface area (Å²) in [6, 6.07) is 8.97. The van der Waals surface area contributed by atoms with Crippen molar-refractivity contribution in [3.63, 3.8) is 0 Å². The second-order valence-electron chi connectivity index (χ2n) is 9.36. The van der Waals surface area contributed by atoms with Crippen LogP contribution in [0.3, 0.4) is 0 Å². The number of ether oxygens (including phenoxy) is 2. The van der Waals surface area contributed by atoms with Crippen molar-refractivity contribution in [2.45, 2.75) is 31.2 Å². The molecule has 2 fully saturated rings. The molecule has 0 spiro atoms. The molecule has 0 bridgehead atoms. The monoisotopic (exact) mass is 498 g/mol. The number of halogens is 1. The molecular weight excluding hydrogens is 468 g/mol. The Bertz CT molecular complexity index is 1300. The first-order valence-electron chi connectivity index (χ1n) is 12.1. The second kappa shape index (κ2) is 9.72. The lowest BCUT2D eigenvalue weighted by Crippen LogP contribution is -2.32. The van der Waals surface area contributed by atoms with Gasteiger partial charge in [0.05, 0.1) is 25.8 Å². The zero-order valence-corrected chi connectivity index (χ0v) is 21.1. The van der Waals surface area contributed by atoms with Gasteiger partial charge in [-0.05, 0) is 51.1 Å². The lowest BCUT2D eigenvalue weighted by atomic mass is 9.89. The SMILES string of the molecule is COc1cc(OC)c2c(=O)cc(-c3ccc(N4CCCC4)cc3Cl)oc2c1[C@@H]1CCN(C)[C@H]1CO. The van der Waals surface area contributed by atoms with Crippen LogP contribution in [0.4, 0.5) is 5.69 Å². The molecule has 3 aromatic rings. The van der Waals surface area contributed by atoms with E-state index in [4.69, 9.17) is 25.5 Å². The van der Waals surface area contributed by atoms with E-state index >= 15 is 0 Å². The molecule has 186 valence electrons. The van der Waals surface area contributed by atoms with E-state index < -0.39 is 0 Å². The molecule has 7 nitrogen and oxygen atoms in total. The number of aliphatic hydroxyl groups excluding tert-OH is 1. The van der Waals surface area contributed by atoms with Gasteiger partial charge in [0.25, 0.3) is 0 Å². The molecule has 0 saturated carbocycles. The predicted molar refractivity (Wildman–Crippen MR) is 138 cm³/mol. The molecule has 0 unspecified atom stereocenters. The maximum absolute atomic E-state index is 13.4. The minimum absolute atomic E-state index is 0.00838. The topological polar surface area (TPSA) is 75.4 Å². The maximum Gasteiger partial charge on any atom is 0.197 e. The van der Waals surface area contributed by atoms with E-state index in [1.54, 1.807) is 13.2 Å². The van der Waals surface area contributed by atoms with Crippen molar-refractivity contribution in [3.8, 4) is 22.8 Å². The number of anilines is 1. The molecule has 0 radical (unpaired) electrons. The number of hydrogen-bond acceptors (Lipinski definition) is 7. The Morgan fingerprint density at radius 3 is 2.49 bits per heavy atom. The van der Waals surface area contributed by atoms with Crippen molar-refractivity contribution in [3.05, 3.63) is 51.1 Å². The van der Waals surface area contributed by atoms with Crippen LogP contribution >= 0.6 is 11.6 Å². The highest BCUT2D eigenvalue weighted by Crippen LogP contribution is 2.45. The fraction of sp³-hybridized carbons (Fsp3) is 0.444. The third kappa shape index (κ3) is 4.15. The Labute approximate surface area is 209 Å². The summed E-state index contributed by atoms with van der Waals surface area (Å²) >= 11 is 6.72. The van der Waals surface area contributed by atoms with E-state index in [1.165, 1.54) is 26.0 Å². The summed E-state index contributed by atoms with van der Waals surface area (Å²) < 4.78 is 17.8. The van der Waals surface area contributed by atoms with Crippen LogP contribution in [0.15, 0.2) is 39.5 Å². The van der Waals surface area contributed by atoms with Gasteiger partial charge in [-0.25, -0.2) is 0 Å². The summed E-state index contributed by atoms with van der Waals surface area (Å²) in [6.07, 6.45) is 3.16. The Kier molecular flexibility index (Phi) is 6.66. The van der Waals surface area contributed by atoms with E-state index in [0.29, 0.717) is 38.8 Å². The van der Waals surface area contributed by atoms with Crippen LogP contribution < -0.4 is 19.8 Å². The van der Waals surface area contributed by atoms with E-state index in [1.807, 2.05) is 25.2 Å². The molecule has 1 aromatic heterocycles. The van der Waals surface area contributed by atoms with Crippen molar-refractivity contribution in [1.29, 1.82) is 0 Å². The number of hydrogen-bond donors (Lipinski definition) is 1. The highest BCUT2D eigenvalue weighted by molar-refractivity contribution is 6.33. The van der Waals surface area contributed by atoms with Gasteiger partial charge in [0.2, 0.25) is 0 Å². The van der Waals surface area contributed by atoms with Crippen LogP contribution in [0.25, 0.3) is 22.3 Å². The molecule has 3 heterocycles. The van der Waals surface area contributed by atoms with Gasteiger partial charge in [-0.2, -0.15) is 0 Å². The first-order valence-corrected chi connectivity index (χ1v) is 12.4. The molecule has 0 aliphatic carbocycles. The Hall–Kier alpha value is -2.74. The van der Waals surface area contributed by atoms with Crippen molar-refractivity contribution >= 4 is 28.3 Å². The van der Waals surface area contributed by atoms with Gasteiger partial charge >= 0.3 is 0 Å². The van der Waals surface area contributed by atoms with Gasteiger partial charge in [-0.15, -0.1) is 0 Å². The number of benzene rings is 2. The number of methoxy groups -OCH3 is 2. The first-order chi connectivity index (χ1) is 17.0. The van der Waals surface area contributed by atoms with Gasteiger partial charge in [0.1, 0.15) is 28.2 Å². The third-order valence-electron chi connectivity index (χ3n) is 7.48. The van der Waals surface area contributed by atoms with Crippen LogP contribution in [-0.4, -0.2) is 63.6 Å². The Morgan fingerprint density at radius 1 is 1.09 bits per heavy atom. The molecule has 2 aliphatic rings. The van der Waals surface area contributed by atoms with Gasteiger partial charge in [0.15, 0.2) is 5.43 Å². The van der Waals surface area contributed by atoms with E-state index in [-0.39, 0.29) is 24.0 Å². The van der Waals surface area contributed by atoms with Gasteiger partial charge in [0, 0.05) is 54.0 Å². The normalized spacial score (nSPS) is 20.7. The van der Waals surface area contributed by atoms with Crippen molar-refractivity contribution in [2.75, 3.05) is 52.4 Å². The minimum Gasteiger partial charge on any atom is -0.496 e. The number of aliphatic hydroxyl groups is 1. The van der Waals surface area contributed by atoms with Crippen LogP contribution in [-0.2, 0) is 0 Å². The summed E-state index contributed by atoms with van der Waals surface area (Å²) in [6.45, 7) is 2.85. The van der Waals surface area contributed by atoms with Crippen molar-refractivity contribution < 1.29 is 19.0 Å². The van der Waals surface area contributed by atoms with Gasteiger partial charge < -0.3 is 28.8 Å². The Morgan fingerprint density at radius 2 is 1.83 bits per heavy atom. The predicted octanol–water partition coefficient (Wildman–Crippen LogP) is 4.51. The van der Waals surface area contributed by atoms with E-state index in [2.05, 4.69) is 9.80 Å². The molecule has 2 atom stereocenters. The average molecular weight is 499 g/mol. The zero-order chi connectivity index (χ0) is 24.7. The van der Waals surface area contributed by atoms with E-state index in [0.717, 1.165) is 37.3 Å². The molecule has 2 saturated heterocycles. The number of likely N-dealkylation sites (N-methyl/N-ethyl adjacent to an activating group) is 1. The van der Waals surface area contributed by atoms with Crippen molar-refractivity contribution in [1.82, 2.24) is 4.90 Å². The number of likely N-dealkylation sites (tertiary alicyclic amines) is 1.